The van der Waals surface area contributed by atoms with Crippen LogP contribution in [0.1, 0.15) is 84.1 Å². The van der Waals surface area contributed by atoms with E-state index < -0.39 is 30.6 Å². The first kappa shape index (κ1) is 39.9. The Hall–Kier alpha value is -1.29. The van der Waals surface area contributed by atoms with Crippen LogP contribution in [0.15, 0.2) is 30.3 Å². The SMILES string of the molecule is C[C@H](CCC(=O)OCc1ccccc1)[C@H]1CC[C@H]2[C@@H]3[C@H](O[Si](C)(C)C)C[C@@H]4CC(C#N)(O[Si](C)(C)C)CC[C@]4(C)[C@H]3C[C@H](O[Si](C)(C)C)[C@]12C. The lowest BCUT2D eigenvalue weighted by Crippen LogP contribution is -2.65. The summed E-state index contributed by atoms with van der Waals surface area (Å²) in [5, 5.41) is 10.6. The molecule has 0 aromatic heterocycles. The second-order valence-corrected chi connectivity index (χ2v) is 33.5. The van der Waals surface area contributed by atoms with Gasteiger partial charge < -0.3 is 18.0 Å². The Morgan fingerprint density at radius 2 is 1.56 bits per heavy atom. The largest absolute Gasteiger partial charge is 0.461 e. The predicted molar refractivity (Wildman–Crippen MR) is 210 cm³/mol. The molecule has 0 amide bonds. The minimum absolute atomic E-state index is 0.0189. The van der Waals surface area contributed by atoms with Gasteiger partial charge in [0.05, 0.1) is 12.2 Å². The molecule has 0 saturated heterocycles. The van der Waals surface area contributed by atoms with Crippen LogP contribution in [-0.4, -0.2) is 48.7 Å². The third-order valence-electron chi connectivity index (χ3n) is 13.3. The first-order chi connectivity index (χ1) is 23.1. The van der Waals surface area contributed by atoms with E-state index in [-0.39, 0.29) is 29.0 Å². The number of benzene rings is 1. The minimum Gasteiger partial charge on any atom is -0.461 e. The van der Waals surface area contributed by atoms with E-state index in [0.717, 1.165) is 44.1 Å². The number of esters is 1. The number of hydrogen-bond donors (Lipinski definition) is 0. The fourth-order valence-corrected chi connectivity index (χ4v) is 15.2. The topological polar surface area (TPSA) is 77.8 Å². The third-order valence-corrected chi connectivity index (χ3v) is 16.3. The number of hydrogen-bond acceptors (Lipinski definition) is 6. The van der Waals surface area contributed by atoms with Crippen molar-refractivity contribution in [3.8, 4) is 6.07 Å². The zero-order valence-electron chi connectivity index (χ0n) is 33.6. The fraction of sp³-hybridized carbons (Fsp3) is 0.805. The van der Waals surface area contributed by atoms with Gasteiger partial charge in [-0.05, 0) is 162 Å². The summed E-state index contributed by atoms with van der Waals surface area (Å²) in [5.41, 5.74) is 0.493. The Balaban J connectivity index is 1.43. The van der Waals surface area contributed by atoms with Gasteiger partial charge in [-0.2, -0.15) is 5.26 Å². The summed E-state index contributed by atoms with van der Waals surface area (Å²) >= 11 is 0. The molecule has 1 aromatic carbocycles. The number of fused-ring (bicyclic) bond motifs is 5. The second-order valence-electron chi connectivity index (χ2n) is 20.2. The number of rotatable bonds is 12. The molecule has 1 aromatic rings. The van der Waals surface area contributed by atoms with E-state index in [1.807, 2.05) is 30.3 Å². The van der Waals surface area contributed by atoms with Crippen molar-refractivity contribution in [2.75, 3.05) is 0 Å². The highest BCUT2D eigenvalue weighted by molar-refractivity contribution is 6.70. The molecular formula is C41H69NO5Si3. The van der Waals surface area contributed by atoms with E-state index in [2.05, 4.69) is 85.8 Å². The van der Waals surface area contributed by atoms with Crippen molar-refractivity contribution in [2.45, 2.75) is 162 Å². The maximum atomic E-state index is 12.9. The van der Waals surface area contributed by atoms with Crippen LogP contribution in [0.25, 0.3) is 0 Å². The molecule has 6 nitrogen and oxygen atoms in total. The average molecular weight is 740 g/mol. The van der Waals surface area contributed by atoms with Gasteiger partial charge in [0.1, 0.15) is 12.2 Å². The van der Waals surface area contributed by atoms with Gasteiger partial charge in [-0.1, -0.05) is 51.1 Å². The van der Waals surface area contributed by atoms with Gasteiger partial charge >= 0.3 is 5.97 Å². The van der Waals surface area contributed by atoms with Crippen LogP contribution in [-0.2, 0) is 29.4 Å². The second kappa shape index (κ2) is 14.5. The lowest BCUT2D eigenvalue weighted by atomic mass is 9.42. The molecule has 0 radical (unpaired) electrons. The van der Waals surface area contributed by atoms with Crippen molar-refractivity contribution in [3.05, 3.63) is 35.9 Å². The molecule has 1 unspecified atom stereocenters. The van der Waals surface area contributed by atoms with Gasteiger partial charge in [0, 0.05) is 12.5 Å². The quantitative estimate of drug-likeness (QED) is 0.157. The first-order valence-electron chi connectivity index (χ1n) is 19.8. The van der Waals surface area contributed by atoms with Crippen LogP contribution in [0.3, 0.4) is 0 Å². The molecule has 4 saturated carbocycles. The molecule has 0 N–H and O–H groups in total. The molecule has 4 aliphatic rings. The highest BCUT2D eigenvalue weighted by atomic mass is 28.4. The molecule has 5 rings (SSSR count). The van der Waals surface area contributed by atoms with E-state index in [0.29, 0.717) is 48.5 Å². The predicted octanol–water partition coefficient (Wildman–Crippen LogP) is 10.6. The summed E-state index contributed by atoms with van der Waals surface area (Å²) in [5.74, 6) is 2.66. The molecular weight excluding hydrogens is 671 g/mol. The van der Waals surface area contributed by atoms with Gasteiger partial charge in [0.2, 0.25) is 0 Å². The summed E-state index contributed by atoms with van der Waals surface area (Å²) in [6.07, 6.45) is 8.83. The molecule has 0 aliphatic heterocycles. The number of nitriles is 1. The third kappa shape index (κ3) is 8.57. The summed E-state index contributed by atoms with van der Waals surface area (Å²) in [6.45, 7) is 28.6. The molecule has 50 heavy (non-hydrogen) atoms. The maximum absolute atomic E-state index is 12.9. The number of carbonyl (C=O) groups excluding carboxylic acids is 1. The Bertz CT molecular complexity index is 1380. The average Bonchev–Trinajstić information content (AvgIpc) is 3.36. The molecule has 11 atom stereocenters. The standard InChI is InChI=1S/C41H69NO5Si3/c1-29(18-21-37(43)44-27-30-16-14-13-15-17-30)32-19-20-33-38-34(25-36(40(32,33)3)46-49(7,8)9)39(2)22-23-41(28-42,47-50(10,11)12)26-31(39)24-35(38)45-48(4,5)6/h13-17,29,31-36,38H,18-27H2,1-12H3/t29-,31-,32-,33+,34+,35-,36+,38+,39+,40-,41?/m1/s1. The number of ether oxygens (including phenoxy) is 1. The van der Waals surface area contributed by atoms with E-state index >= 15 is 0 Å². The number of nitrogens with zero attached hydrogens (tertiary/aromatic N) is 1. The van der Waals surface area contributed by atoms with Gasteiger partial charge in [0.15, 0.2) is 25.0 Å². The summed E-state index contributed by atoms with van der Waals surface area (Å²) < 4.78 is 27.1. The monoisotopic (exact) mass is 739 g/mol. The molecule has 0 heterocycles. The van der Waals surface area contributed by atoms with E-state index in [1.165, 1.54) is 12.8 Å². The first-order valence-corrected chi connectivity index (χ1v) is 30.0. The lowest BCUT2D eigenvalue weighted by Gasteiger charge is -2.66. The minimum atomic E-state index is -1.92. The van der Waals surface area contributed by atoms with Crippen LogP contribution in [0.2, 0.25) is 58.9 Å². The molecule has 0 spiro atoms. The highest BCUT2D eigenvalue weighted by Crippen LogP contribution is 2.70. The van der Waals surface area contributed by atoms with Crippen LogP contribution in [0, 0.1) is 57.7 Å². The van der Waals surface area contributed by atoms with Crippen LogP contribution in [0.5, 0.6) is 0 Å². The fourth-order valence-electron chi connectivity index (χ4n) is 11.4. The van der Waals surface area contributed by atoms with Gasteiger partial charge in [-0.15, -0.1) is 0 Å². The molecule has 4 fully saturated rings. The Morgan fingerprint density at radius 3 is 2.16 bits per heavy atom. The summed E-state index contributed by atoms with van der Waals surface area (Å²) in [7, 11) is -5.68. The zero-order chi connectivity index (χ0) is 36.9. The van der Waals surface area contributed by atoms with E-state index in [4.69, 9.17) is 18.0 Å². The van der Waals surface area contributed by atoms with Gasteiger partial charge in [-0.3, -0.25) is 4.79 Å². The van der Waals surface area contributed by atoms with Crippen LogP contribution in [0.4, 0.5) is 0 Å². The molecule has 9 heteroatoms. The Morgan fingerprint density at radius 1 is 0.900 bits per heavy atom. The van der Waals surface area contributed by atoms with Crippen molar-refractivity contribution >= 4 is 30.9 Å². The zero-order valence-corrected chi connectivity index (χ0v) is 36.6. The Kier molecular flexibility index (Phi) is 11.6. The normalized spacial score (nSPS) is 37.9. The van der Waals surface area contributed by atoms with Crippen molar-refractivity contribution in [3.63, 3.8) is 0 Å². The van der Waals surface area contributed by atoms with Gasteiger partial charge in [-0.25, -0.2) is 0 Å². The Labute approximate surface area is 308 Å². The summed E-state index contributed by atoms with van der Waals surface area (Å²) in [6, 6.07) is 12.7. The lowest BCUT2D eigenvalue weighted by molar-refractivity contribution is -0.203. The number of carbonyl (C=O) groups is 1. The molecule has 0 bridgehead atoms. The van der Waals surface area contributed by atoms with Crippen molar-refractivity contribution in [1.29, 1.82) is 5.26 Å². The van der Waals surface area contributed by atoms with Crippen LogP contribution >= 0.6 is 0 Å². The molecule has 4 aliphatic carbocycles. The van der Waals surface area contributed by atoms with Gasteiger partial charge in [0.25, 0.3) is 0 Å². The van der Waals surface area contributed by atoms with E-state index in [9.17, 15) is 10.1 Å². The maximum Gasteiger partial charge on any atom is 0.306 e. The smallest absolute Gasteiger partial charge is 0.306 e. The van der Waals surface area contributed by atoms with E-state index in [1.54, 1.807) is 0 Å². The van der Waals surface area contributed by atoms with Crippen molar-refractivity contribution in [2.24, 2.45) is 46.3 Å². The summed E-state index contributed by atoms with van der Waals surface area (Å²) in [4.78, 5) is 12.9. The van der Waals surface area contributed by atoms with Crippen molar-refractivity contribution < 1.29 is 22.8 Å². The highest BCUT2D eigenvalue weighted by Gasteiger charge is 2.68. The van der Waals surface area contributed by atoms with Crippen LogP contribution < -0.4 is 0 Å². The van der Waals surface area contributed by atoms with Crippen molar-refractivity contribution in [1.82, 2.24) is 0 Å². The molecule has 280 valence electrons.